The van der Waals surface area contributed by atoms with Crippen molar-refractivity contribution in [3.05, 3.63) is 4.85 Å². The minimum atomic E-state index is 1.11. The van der Waals surface area contributed by atoms with Crippen LogP contribution in [0, 0.1) is 6.57 Å². The van der Waals surface area contributed by atoms with Crippen LogP contribution in [0.4, 0.5) is 0 Å². The van der Waals surface area contributed by atoms with Crippen LogP contribution >= 0.6 is 12.2 Å². The third-order valence-electron chi connectivity index (χ3n) is 0.0609. The van der Waals surface area contributed by atoms with E-state index < -0.39 is 0 Å². The second-order valence-electron chi connectivity index (χ2n) is 0.254. The Morgan fingerprint density at radius 3 is 2.25 bits per heavy atom. The zero-order chi connectivity index (χ0) is 3.41. The molecule has 0 aromatic carbocycles. The highest BCUT2D eigenvalue weighted by Gasteiger charge is 1.50. The maximum atomic E-state index is 4.49. The highest BCUT2D eigenvalue weighted by atomic mass is 32.1. The standard InChI is InChI=1S/C2H2NS/c1-3-2-4/h1-2H/q+1. The molecule has 0 unspecified atom stereocenters. The molecule has 0 fully saturated rings. The smallest absolute Gasteiger partial charge is 0.0344 e. The van der Waals surface area contributed by atoms with Crippen LogP contribution in [-0.4, -0.2) is 5.49 Å². The number of thiocarbonyl (C=S) groups is 1. The fraction of sp³-hybridized carbons (Fsp3) is 0. The van der Waals surface area contributed by atoms with Crippen LogP contribution < -0.4 is 0 Å². The zero-order valence-corrected chi connectivity index (χ0v) is 2.83. The van der Waals surface area contributed by atoms with Crippen molar-refractivity contribution in [2.75, 3.05) is 0 Å². The van der Waals surface area contributed by atoms with Crippen LogP contribution in [0.2, 0.25) is 0 Å². The Balaban J connectivity index is 2.92. The summed E-state index contributed by atoms with van der Waals surface area (Å²) in [4.78, 5) is 2.93. The first-order valence-electron chi connectivity index (χ1n) is 0.752. The minimum Gasteiger partial charge on any atom is -0.0344 e. The van der Waals surface area contributed by atoms with E-state index in [4.69, 9.17) is 0 Å². The molecule has 4 heavy (non-hydrogen) atoms. The lowest BCUT2D eigenvalue weighted by Gasteiger charge is -1.17. The van der Waals surface area contributed by atoms with Gasteiger partial charge in [0.25, 0.3) is 6.57 Å². The van der Waals surface area contributed by atoms with Crippen molar-refractivity contribution in [2.45, 2.75) is 0 Å². The van der Waals surface area contributed by atoms with Crippen LogP contribution in [-0.2, 0) is 0 Å². The van der Waals surface area contributed by atoms with Gasteiger partial charge in [-0.3, -0.25) is 0 Å². The normalized spacial score (nSPS) is 3.75. The van der Waals surface area contributed by atoms with Gasteiger partial charge in [0.2, 0.25) is 0 Å². The van der Waals surface area contributed by atoms with Crippen molar-refractivity contribution in [3.63, 3.8) is 0 Å². The third-order valence-corrected chi connectivity index (χ3v) is 0.183. The predicted molar refractivity (Wildman–Crippen MR) is 22.0 cm³/mol. The van der Waals surface area contributed by atoms with Crippen molar-refractivity contribution in [3.8, 4) is 6.57 Å². The molecule has 0 aliphatic heterocycles. The second kappa shape index (κ2) is 2.58. The highest BCUT2D eigenvalue weighted by molar-refractivity contribution is 7.79. The molecule has 2 heteroatoms. The van der Waals surface area contributed by atoms with E-state index in [-0.39, 0.29) is 0 Å². The highest BCUT2D eigenvalue weighted by Crippen LogP contribution is 1.44. The van der Waals surface area contributed by atoms with E-state index in [0.29, 0.717) is 0 Å². The van der Waals surface area contributed by atoms with Gasteiger partial charge in [0.1, 0.15) is 0 Å². The largest absolute Gasteiger partial charge is 0.369 e. The fourth-order valence-corrected chi connectivity index (χ4v) is 0. The molecule has 0 rings (SSSR count). The molecule has 1 nitrogen and oxygen atoms in total. The quantitative estimate of drug-likeness (QED) is 0.385. The van der Waals surface area contributed by atoms with Crippen LogP contribution in [0.3, 0.4) is 0 Å². The molecule has 0 N–H and O–H groups in total. The summed E-state index contributed by atoms with van der Waals surface area (Å²) in [5.41, 5.74) is 1.11. The summed E-state index contributed by atoms with van der Waals surface area (Å²) in [6.07, 6.45) is 0. The van der Waals surface area contributed by atoms with Crippen molar-refractivity contribution in [1.29, 1.82) is 0 Å². The number of nitrogens with zero attached hydrogens (tertiary/aromatic N) is 1. The van der Waals surface area contributed by atoms with Gasteiger partial charge in [-0.05, 0) is 4.85 Å². The molecule has 0 aromatic rings. The Bertz CT molecular complexity index is 51.5. The van der Waals surface area contributed by atoms with E-state index in [2.05, 4.69) is 23.6 Å². The van der Waals surface area contributed by atoms with E-state index in [0.717, 1.165) is 5.49 Å². The summed E-state index contributed by atoms with van der Waals surface area (Å²) < 4.78 is 0. The summed E-state index contributed by atoms with van der Waals surface area (Å²) in [6.45, 7) is 4.49. The van der Waals surface area contributed by atoms with Gasteiger partial charge in [-0.15, -0.1) is 0 Å². The number of hydrogen-bond acceptors (Lipinski definition) is 1. The average Bonchev–Trinajstić information content (AvgIpc) is 1.37. The van der Waals surface area contributed by atoms with Gasteiger partial charge < -0.3 is 0 Å². The Kier molecular flexibility index (Phi) is 2.31. The molecule has 0 amide bonds. The van der Waals surface area contributed by atoms with Gasteiger partial charge in [-0.2, -0.15) is 0 Å². The summed E-state index contributed by atoms with van der Waals surface area (Å²) >= 11 is 4.14. The van der Waals surface area contributed by atoms with Crippen molar-refractivity contribution >= 4 is 17.7 Å². The Labute approximate surface area is 30.1 Å². The maximum absolute atomic E-state index is 4.49. The Morgan fingerprint density at radius 1 is 2.00 bits per heavy atom. The summed E-state index contributed by atoms with van der Waals surface area (Å²) in [7, 11) is 0. The monoisotopic (exact) mass is 72.0 g/mol. The van der Waals surface area contributed by atoms with Crippen molar-refractivity contribution < 1.29 is 0 Å². The molecular weight excluding hydrogens is 70.1 g/mol. The molecule has 0 heterocycles. The lowest BCUT2D eigenvalue weighted by Crippen LogP contribution is -1.29. The van der Waals surface area contributed by atoms with Gasteiger partial charge in [-0.1, -0.05) is 0 Å². The first-order valence-corrected chi connectivity index (χ1v) is 1.22. The van der Waals surface area contributed by atoms with Gasteiger partial charge in [0.05, 0.1) is 0 Å². The Hall–Kier alpha value is -0.420. The molecule has 0 atom stereocenters. The molecule has 0 aromatic heterocycles. The van der Waals surface area contributed by atoms with Gasteiger partial charge in [0, 0.05) is 12.2 Å². The molecule has 0 bridgehead atoms. The third kappa shape index (κ3) is 1.58. The first-order chi connectivity index (χ1) is 1.91. The molecule has 0 aliphatic carbocycles. The zero-order valence-electron chi connectivity index (χ0n) is 2.01. The van der Waals surface area contributed by atoms with E-state index in [1.54, 1.807) is 0 Å². The van der Waals surface area contributed by atoms with E-state index >= 15 is 0 Å². The van der Waals surface area contributed by atoms with E-state index in [1.165, 1.54) is 0 Å². The lowest BCUT2D eigenvalue weighted by atomic mass is 11.5. The number of rotatable bonds is 0. The van der Waals surface area contributed by atoms with Gasteiger partial charge in [0.15, 0.2) is 0 Å². The minimum absolute atomic E-state index is 1.11. The van der Waals surface area contributed by atoms with Crippen LogP contribution in [0.5, 0.6) is 0 Å². The molecule has 0 saturated heterocycles. The first kappa shape index (κ1) is 3.58. The molecule has 0 radical (unpaired) electrons. The second-order valence-corrected chi connectivity index (χ2v) is 0.465. The lowest BCUT2D eigenvalue weighted by molar-refractivity contribution is 2.65. The van der Waals surface area contributed by atoms with E-state index in [9.17, 15) is 0 Å². The topological polar surface area (TPSA) is 4.36 Å². The molecule has 20 valence electrons. The van der Waals surface area contributed by atoms with Gasteiger partial charge in [-0.25, -0.2) is 0 Å². The maximum Gasteiger partial charge on any atom is 0.369 e. The van der Waals surface area contributed by atoms with Crippen LogP contribution in [0.25, 0.3) is 4.85 Å². The van der Waals surface area contributed by atoms with Gasteiger partial charge >= 0.3 is 5.49 Å². The fourth-order valence-electron chi connectivity index (χ4n) is 0. The molecular formula is C2H2NS+. The molecule has 0 saturated carbocycles. The van der Waals surface area contributed by atoms with Crippen LogP contribution in [0.1, 0.15) is 0 Å². The Morgan fingerprint density at radius 2 is 2.25 bits per heavy atom. The average molecular weight is 72.1 g/mol. The van der Waals surface area contributed by atoms with Crippen molar-refractivity contribution in [1.82, 2.24) is 0 Å². The van der Waals surface area contributed by atoms with E-state index in [1.807, 2.05) is 0 Å². The summed E-state index contributed by atoms with van der Waals surface area (Å²) in [5.74, 6) is 0. The van der Waals surface area contributed by atoms with Crippen molar-refractivity contribution in [2.24, 2.45) is 0 Å². The molecule has 0 spiro atoms. The predicted octanol–water partition coefficient (Wildman–Crippen LogP) is 0.906. The van der Waals surface area contributed by atoms with Crippen LogP contribution in [0.15, 0.2) is 0 Å². The summed E-state index contributed by atoms with van der Waals surface area (Å²) in [6, 6.07) is 0. The number of hydrogen-bond donors (Lipinski definition) is 0. The SMILES string of the molecule is C#[N+]C=S. The molecule has 0 aliphatic rings. The summed E-state index contributed by atoms with van der Waals surface area (Å²) in [5, 5.41) is 0.